The van der Waals surface area contributed by atoms with E-state index in [0.717, 1.165) is 51.6 Å². The maximum Gasteiger partial charge on any atom is 0.187 e. The lowest BCUT2D eigenvalue weighted by Gasteiger charge is -2.58. The lowest BCUT2D eigenvalue weighted by Crippen LogP contribution is -2.66. The van der Waals surface area contributed by atoms with Crippen LogP contribution in [0.3, 0.4) is 0 Å². The van der Waals surface area contributed by atoms with Crippen molar-refractivity contribution in [3.8, 4) is 0 Å². The molecule has 9 N–H and O–H groups in total. The Morgan fingerprint density at radius 2 is 1.41 bits per heavy atom. The highest BCUT2D eigenvalue weighted by molar-refractivity contribution is 5.26. The molecule has 9 aliphatic rings. The van der Waals surface area contributed by atoms with Gasteiger partial charge in [0.2, 0.25) is 0 Å². The van der Waals surface area contributed by atoms with Crippen molar-refractivity contribution in [2.45, 2.75) is 202 Å². The zero-order valence-corrected chi connectivity index (χ0v) is 37.3. The molecule has 26 atom stereocenters. The Labute approximate surface area is 369 Å². The molecule has 3 saturated carbocycles. The van der Waals surface area contributed by atoms with Gasteiger partial charge in [-0.15, -0.1) is 0 Å². The third-order valence-corrected chi connectivity index (χ3v) is 18.0. The van der Waals surface area contributed by atoms with E-state index in [0.29, 0.717) is 48.3 Å². The minimum absolute atomic E-state index is 0.0312. The maximum atomic E-state index is 11.6. The van der Waals surface area contributed by atoms with Crippen molar-refractivity contribution < 1.29 is 83.9 Å². The first-order chi connectivity index (χ1) is 29.9. The maximum absolute atomic E-state index is 11.6. The lowest BCUT2D eigenvalue weighted by atomic mass is 9.47. The zero-order chi connectivity index (χ0) is 44.9. The van der Waals surface area contributed by atoms with Gasteiger partial charge in [-0.2, -0.15) is 0 Å². The number of aliphatic hydroxyl groups excluding tert-OH is 9. The topological polar surface area (TPSA) is 256 Å². The highest BCUT2D eigenvalue weighted by atomic mass is 16.7. The lowest BCUT2D eigenvalue weighted by molar-refractivity contribution is -0.369. The molecule has 63 heavy (non-hydrogen) atoms. The summed E-state index contributed by atoms with van der Waals surface area (Å²) >= 11 is 0. The van der Waals surface area contributed by atoms with Crippen molar-refractivity contribution in [3.05, 3.63) is 11.6 Å². The molecule has 5 aliphatic heterocycles. The number of aliphatic hydroxyl groups is 9. The number of hydrogen-bond acceptors (Lipinski definition) is 17. The molecule has 0 radical (unpaired) electrons. The fourth-order valence-electron chi connectivity index (χ4n) is 14.2. The van der Waals surface area contributed by atoms with E-state index >= 15 is 0 Å². The molecule has 5 heterocycles. The summed E-state index contributed by atoms with van der Waals surface area (Å²) in [6.07, 6.45) is -10.5. The molecular formula is C46H74O17. The summed E-state index contributed by atoms with van der Waals surface area (Å²) in [5.41, 5.74) is 1.50. The smallest absolute Gasteiger partial charge is 0.187 e. The molecule has 0 amide bonds. The second-order valence-corrected chi connectivity index (χ2v) is 21.4. The third-order valence-electron chi connectivity index (χ3n) is 18.0. The van der Waals surface area contributed by atoms with Crippen LogP contribution < -0.4 is 0 Å². The average molecular weight is 899 g/mol. The normalized spacial score (nSPS) is 56.9. The summed E-state index contributed by atoms with van der Waals surface area (Å²) in [5, 5.41) is 95.4. The Bertz CT molecular complexity index is 1630. The van der Waals surface area contributed by atoms with E-state index in [4.69, 9.17) is 37.9 Å². The summed E-state index contributed by atoms with van der Waals surface area (Å²) in [6, 6.07) is 0. The molecule has 0 unspecified atom stereocenters. The fraction of sp³-hybridized carbons (Fsp3) is 0.957. The number of allylic oxidation sites excluding steroid dienone is 1. The third kappa shape index (κ3) is 7.91. The largest absolute Gasteiger partial charge is 0.394 e. The summed E-state index contributed by atoms with van der Waals surface area (Å²) in [5.74, 6) is 2.57. The SMILES string of the molecule is C[C@@H]1CC[C@@]2(OC1)O[C@@H]1C[C@@H]3[C@@H]4CC=C5C[C@H](O[C@@H]6O[C@H](CO)[C@@H](O)[C@H](O[C@@H]7O[C@@H](C)[C@H](O)[C@@H](O)[C@H]7O)[C@H]6OC[C@@H]6O[C@H](CO)[C@@H](O)[C@H](O)[C@H]6O)CC[C@]5(C)[C@H]4CC[C@]3(C)[C@@H]1[C@@H]2C. The van der Waals surface area contributed by atoms with Crippen LogP contribution in [0.5, 0.6) is 0 Å². The van der Waals surface area contributed by atoms with E-state index in [1.807, 2.05) is 0 Å². The minimum atomic E-state index is -1.73. The molecule has 0 aromatic carbocycles. The van der Waals surface area contributed by atoms with Crippen LogP contribution in [0.15, 0.2) is 11.6 Å². The van der Waals surface area contributed by atoms with Crippen molar-refractivity contribution in [2.24, 2.45) is 46.3 Å². The first-order valence-electron chi connectivity index (χ1n) is 23.8. The number of hydrogen-bond donors (Lipinski definition) is 9. The second kappa shape index (κ2) is 17.9. The van der Waals surface area contributed by atoms with E-state index in [1.54, 1.807) is 0 Å². The van der Waals surface area contributed by atoms with Gasteiger partial charge in [-0.05, 0) is 98.7 Å². The summed E-state index contributed by atoms with van der Waals surface area (Å²) in [4.78, 5) is 0. The minimum Gasteiger partial charge on any atom is -0.394 e. The molecule has 4 aliphatic carbocycles. The van der Waals surface area contributed by atoms with Crippen LogP contribution in [0.1, 0.15) is 92.4 Å². The van der Waals surface area contributed by atoms with Crippen molar-refractivity contribution in [1.82, 2.24) is 0 Å². The van der Waals surface area contributed by atoms with Gasteiger partial charge in [0.15, 0.2) is 18.4 Å². The highest BCUT2D eigenvalue weighted by Gasteiger charge is 2.69. The molecule has 5 saturated heterocycles. The molecule has 1 spiro atoms. The van der Waals surface area contributed by atoms with Crippen LogP contribution in [0.4, 0.5) is 0 Å². The van der Waals surface area contributed by atoms with E-state index in [-0.39, 0.29) is 23.0 Å². The molecule has 360 valence electrons. The molecule has 9 rings (SSSR count). The predicted molar refractivity (Wildman–Crippen MR) is 219 cm³/mol. The standard InChI is InChI=1S/C46H74O17/c1-20-8-13-46(57-18-20)21(2)32-28(63-46)15-27-25-7-6-23-14-24(9-11-44(23,4)26(25)10-12-45(27,32)5)59-43-41(56-19-31-35(51)38(54)34(50)29(16-47)60-31)40(36(52)30(17-48)61-43)62-42-39(55)37(53)33(49)22(3)58-42/h6,20-22,24-43,47-55H,7-19H2,1-5H3/t20-,21+,22+,24-,25-,26+,27-,28-,29-,30-,31+,32-,33+,34-,35+,36-,37-,38+,39-,40+,41-,42+,43-,44+,45+,46-/m1/s1. The number of rotatable bonds is 9. The van der Waals surface area contributed by atoms with Crippen LogP contribution in [-0.4, -0.2) is 182 Å². The van der Waals surface area contributed by atoms with Gasteiger partial charge in [-0.3, -0.25) is 0 Å². The summed E-state index contributed by atoms with van der Waals surface area (Å²) < 4.78 is 50.5. The van der Waals surface area contributed by atoms with Gasteiger partial charge >= 0.3 is 0 Å². The predicted octanol–water partition coefficient (Wildman–Crippen LogP) is 0.257. The molecule has 0 aromatic heterocycles. The first kappa shape index (κ1) is 47.1. The molecular weight excluding hydrogens is 824 g/mol. The molecule has 17 heteroatoms. The number of fused-ring (bicyclic) bond motifs is 7. The van der Waals surface area contributed by atoms with Crippen LogP contribution in [-0.2, 0) is 37.9 Å². The van der Waals surface area contributed by atoms with Gasteiger partial charge < -0.3 is 83.9 Å². The van der Waals surface area contributed by atoms with Crippen LogP contribution >= 0.6 is 0 Å². The van der Waals surface area contributed by atoms with Gasteiger partial charge in [0.25, 0.3) is 0 Å². The quantitative estimate of drug-likeness (QED) is 0.141. The Morgan fingerprint density at radius 3 is 2.13 bits per heavy atom. The summed E-state index contributed by atoms with van der Waals surface area (Å²) in [6.45, 7) is 10.1. The van der Waals surface area contributed by atoms with Gasteiger partial charge in [0.1, 0.15) is 73.2 Å². The van der Waals surface area contributed by atoms with Crippen LogP contribution in [0.2, 0.25) is 0 Å². The summed E-state index contributed by atoms with van der Waals surface area (Å²) in [7, 11) is 0. The van der Waals surface area contributed by atoms with Crippen molar-refractivity contribution >= 4 is 0 Å². The van der Waals surface area contributed by atoms with E-state index in [1.165, 1.54) is 12.5 Å². The van der Waals surface area contributed by atoms with E-state index in [9.17, 15) is 46.0 Å². The van der Waals surface area contributed by atoms with Crippen LogP contribution in [0, 0.1) is 46.3 Å². The molecule has 0 bridgehead atoms. The van der Waals surface area contributed by atoms with Crippen molar-refractivity contribution in [3.63, 3.8) is 0 Å². The average Bonchev–Trinajstić information content (AvgIpc) is 3.72. The Balaban J connectivity index is 0.928. The fourth-order valence-corrected chi connectivity index (χ4v) is 14.2. The van der Waals surface area contributed by atoms with Gasteiger partial charge in [-0.1, -0.05) is 39.3 Å². The zero-order valence-electron chi connectivity index (χ0n) is 37.3. The van der Waals surface area contributed by atoms with Gasteiger partial charge in [-0.25, -0.2) is 0 Å². The Morgan fingerprint density at radius 1 is 0.698 bits per heavy atom. The second-order valence-electron chi connectivity index (χ2n) is 21.4. The Kier molecular flexibility index (Phi) is 13.4. The first-order valence-corrected chi connectivity index (χ1v) is 23.8. The van der Waals surface area contributed by atoms with Crippen molar-refractivity contribution in [2.75, 3.05) is 26.4 Å². The van der Waals surface area contributed by atoms with Crippen molar-refractivity contribution in [1.29, 1.82) is 0 Å². The number of ether oxygens (including phenoxy) is 8. The van der Waals surface area contributed by atoms with Gasteiger partial charge in [0.05, 0.1) is 44.7 Å². The van der Waals surface area contributed by atoms with Gasteiger partial charge in [0, 0.05) is 12.3 Å². The van der Waals surface area contributed by atoms with Crippen LogP contribution in [0.25, 0.3) is 0 Å². The molecule has 8 fully saturated rings. The molecule has 17 nitrogen and oxygen atoms in total. The van der Waals surface area contributed by atoms with E-state index < -0.39 is 118 Å². The highest BCUT2D eigenvalue weighted by Crippen LogP contribution is 2.70. The van der Waals surface area contributed by atoms with E-state index in [2.05, 4.69) is 33.8 Å². The Hall–Kier alpha value is -0.940. The molecule has 0 aromatic rings. The monoisotopic (exact) mass is 898 g/mol.